The normalized spacial score (nSPS) is 7.27. The van der Waals surface area contributed by atoms with E-state index in [0.717, 1.165) is 0 Å². The Morgan fingerprint density at radius 1 is 1.45 bits per heavy atom. The molecule has 0 aliphatic rings. The van der Waals surface area contributed by atoms with Crippen molar-refractivity contribution < 1.29 is 21.8 Å². The van der Waals surface area contributed by atoms with Crippen LogP contribution in [-0.4, -0.2) is 18.3 Å². The Kier molecular flexibility index (Phi) is 11.7. The summed E-state index contributed by atoms with van der Waals surface area (Å²) in [4.78, 5) is 0. The molecule has 0 saturated heterocycles. The number of thiocarbonyl (C=S) groups is 1. The van der Waals surface area contributed by atoms with E-state index in [-0.39, 0.29) is 17.1 Å². The zero-order chi connectivity index (χ0) is 7.82. The number of ether oxygens (including phenoxy) is 1. The van der Waals surface area contributed by atoms with Crippen LogP contribution in [0.5, 0.6) is 0 Å². The Morgan fingerprint density at radius 3 is 2.55 bits per heavy atom. The van der Waals surface area contributed by atoms with Crippen LogP contribution in [0.4, 0.5) is 0 Å². The van der Waals surface area contributed by atoms with E-state index in [2.05, 4.69) is 18.5 Å². The molecular formula is C7H11CuNOS. The van der Waals surface area contributed by atoms with E-state index in [0.29, 0.717) is 18.3 Å². The summed E-state index contributed by atoms with van der Waals surface area (Å²) in [6.07, 6.45) is 3.35. The van der Waals surface area contributed by atoms with Gasteiger partial charge in [0.2, 0.25) is 0 Å². The Labute approximate surface area is 83.2 Å². The molecule has 0 spiro atoms. The summed E-state index contributed by atoms with van der Waals surface area (Å²) in [5, 5.41) is 3.20. The molecule has 0 rings (SSSR count). The standard InChI is InChI=1S/C7H11NOS.Cu/c1-3-5-8-7(10)9-6-4-2;/h3-4H,1-2,5-6H2,(H,8,10);. The Bertz CT molecular complexity index is 124. The molecule has 0 aromatic heterocycles. The third-order valence-electron chi connectivity index (χ3n) is 0.723. The van der Waals surface area contributed by atoms with Gasteiger partial charge in [-0.3, -0.25) is 0 Å². The monoisotopic (exact) mass is 220 g/mol. The van der Waals surface area contributed by atoms with Crippen LogP contribution in [0.2, 0.25) is 0 Å². The molecule has 4 heteroatoms. The van der Waals surface area contributed by atoms with E-state index >= 15 is 0 Å². The molecule has 0 saturated carbocycles. The van der Waals surface area contributed by atoms with Gasteiger partial charge in [0.1, 0.15) is 6.61 Å². The second-order valence-corrected chi connectivity index (χ2v) is 1.93. The van der Waals surface area contributed by atoms with Crippen LogP contribution < -0.4 is 5.32 Å². The first kappa shape index (κ1) is 13.3. The maximum atomic E-state index is 4.95. The van der Waals surface area contributed by atoms with E-state index in [4.69, 9.17) is 17.0 Å². The Hall–Kier alpha value is -0.311. The molecule has 0 bridgehead atoms. The van der Waals surface area contributed by atoms with Crippen LogP contribution in [-0.2, 0) is 21.8 Å². The molecule has 0 unspecified atom stereocenters. The molecule has 67 valence electrons. The van der Waals surface area contributed by atoms with Gasteiger partial charge in [0.15, 0.2) is 0 Å². The third kappa shape index (κ3) is 9.69. The van der Waals surface area contributed by atoms with Gasteiger partial charge in [-0.1, -0.05) is 18.7 Å². The minimum atomic E-state index is 0. The second-order valence-electron chi connectivity index (χ2n) is 1.56. The Balaban J connectivity index is 0. The third-order valence-corrected chi connectivity index (χ3v) is 0.985. The fourth-order valence-corrected chi connectivity index (χ4v) is 0.493. The molecule has 2 nitrogen and oxygen atoms in total. The summed E-state index contributed by atoms with van der Waals surface area (Å²) in [6.45, 7) is 8.08. The Morgan fingerprint density at radius 2 is 2.09 bits per heavy atom. The van der Waals surface area contributed by atoms with Gasteiger partial charge in [0, 0.05) is 23.6 Å². The second kappa shape index (κ2) is 9.69. The van der Waals surface area contributed by atoms with Gasteiger partial charge in [-0.05, 0) is 12.2 Å². The fraction of sp³-hybridized carbons (Fsp3) is 0.286. The van der Waals surface area contributed by atoms with E-state index < -0.39 is 0 Å². The van der Waals surface area contributed by atoms with Crippen LogP contribution in [0.15, 0.2) is 25.3 Å². The van der Waals surface area contributed by atoms with Crippen molar-refractivity contribution in [2.24, 2.45) is 0 Å². The van der Waals surface area contributed by atoms with E-state index in [9.17, 15) is 0 Å². The van der Waals surface area contributed by atoms with Crippen molar-refractivity contribution in [3.8, 4) is 0 Å². The van der Waals surface area contributed by atoms with Gasteiger partial charge >= 0.3 is 0 Å². The maximum Gasteiger partial charge on any atom is 0.257 e. The summed E-state index contributed by atoms with van der Waals surface area (Å²) in [5.74, 6) is 0. The zero-order valence-electron chi connectivity index (χ0n) is 6.10. The van der Waals surface area contributed by atoms with Crippen molar-refractivity contribution in [2.45, 2.75) is 0 Å². The molecule has 0 aromatic carbocycles. The summed E-state index contributed by atoms with van der Waals surface area (Å²) in [6, 6.07) is 0. The molecule has 1 radical (unpaired) electrons. The minimum Gasteiger partial charge on any atom is -0.467 e. The van der Waals surface area contributed by atoms with E-state index in [1.165, 1.54) is 0 Å². The van der Waals surface area contributed by atoms with Crippen LogP contribution in [0.1, 0.15) is 0 Å². The van der Waals surface area contributed by atoms with Crippen LogP contribution in [0.3, 0.4) is 0 Å². The van der Waals surface area contributed by atoms with E-state index in [1.54, 1.807) is 12.2 Å². The van der Waals surface area contributed by atoms with Crippen molar-refractivity contribution in [2.75, 3.05) is 13.2 Å². The zero-order valence-corrected chi connectivity index (χ0v) is 7.86. The SMILES string of the molecule is C=CCNC(=S)OCC=C.[Cu]. The molecule has 0 aliphatic carbocycles. The number of hydrogen-bond acceptors (Lipinski definition) is 2. The van der Waals surface area contributed by atoms with Gasteiger partial charge < -0.3 is 10.1 Å². The molecular weight excluding hydrogens is 210 g/mol. The topological polar surface area (TPSA) is 21.3 Å². The molecule has 1 N–H and O–H groups in total. The van der Waals surface area contributed by atoms with Gasteiger partial charge in [-0.25, -0.2) is 0 Å². The first-order valence-corrected chi connectivity index (χ1v) is 3.34. The quantitative estimate of drug-likeness (QED) is 0.438. The van der Waals surface area contributed by atoms with Gasteiger partial charge in [0.05, 0.1) is 0 Å². The van der Waals surface area contributed by atoms with Gasteiger partial charge in [-0.2, -0.15) is 0 Å². The maximum absolute atomic E-state index is 4.95. The molecule has 0 aromatic rings. The van der Waals surface area contributed by atoms with Crippen molar-refractivity contribution in [1.29, 1.82) is 0 Å². The number of hydrogen-bond donors (Lipinski definition) is 1. The summed E-state index contributed by atoms with van der Waals surface area (Å²) >= 11 is 4.76. The molecule has 0 amide bonds. The van der Waals surface area contributed by atoms with Crippen molar-refractivity contribution >= 4 is 17.4 Å². The van der Waals surface area contributed by atoms with Crippen molar-refractivity contribution in [1.82, 2.24) is 5.32 Å². The molecule has 0 fully saturated rings. The predicted octanol–water partition coefficient (Wildman–Crippen LogP) is 1.25. The van der Waals surface area contributed by atoms with Crippen LogP contribution in [0, 0.1) is 0 Å². The first-order chi connectivity index (χ1) is 4.81. The summed E-state index contributed by atoms with van der Waals surface area (Å²) < 4.78 is 4.95. The molecule has 11 heavy (non-hydrogen) atoms. The summed E-state index contributed by atoms with van der Waals surface area (Å²) in [7, 11) is 0. The van der Waals surface area contributed by atoms with Crippen LogP contribution >= 0.6 is 12.2 Å². The van der Waals surface area contributed by atoms with Crippen molar-refractivity contribution in [3.05, 3.63) is 25.3 Å². The fourth-order valence-electron chi connectivity index (χ4n) is 0.341. The number of rotatable bonds is 4. The molecule has 0 atom stereocenters. The van der Waals surface area contributed by atoms with Crippen LogP contribution in [0.25, 0.3) is 0 Å². The minimum absolute atomic E-state index is 0. The average Bonchev–Trinajstić information content (AvgIpc) is 1.97. The molecule has 0 heterocycles. The summed E-state index contributed by atoms with van der Waals surface area (Å²) in [5.41, 5.74) is 0. The van der Waals surface area contributed by atoms with Gasteiger partial charge in [0.25, 0.3) is 5.17 Å². The van der Waals surface area contributed by atoms with Crippen molar-refractivity contribution in [3.63, 3.8) is 0 Å². The van der Waals surface area contributed by atoms with Gasteiger partial charge in [-0.15, -0.1) is 6.58 Å². The predicted molar refractivity (Wildman–Crippen MR) is 46.9 cm³/mol. The molecule has 0 aliphatic heterocycles. The first-order valence-electron chi connectivity index (χ1n) is 2.93. The largest absolute Gasteiger partial charge is 0.467 e. The average molecular weight is 221 g/mol. The smallest absolute Gasteiger partial charge is 0.257 e. The number of nitrogens with one attached hydrogen (secondary N) is 1. The van der Waals surface area contributed by atoms with E-state index in [1.807, 2.05) is 0 Å².